The third-order valence-electron chi connectivity index (χ3n) is 8.45. The molecular formula is C32H36N6O4S. The van der Waals surface area contributed by atoms with Gasteiger partial charge in [-0.25, -0.2) is 10.0 Å². The summed E-state index contributed by atoms with van der Waals surface area (Å²) < 4.78 is 0. The van der Waals surface area contributed by atoms with Crippen molar-refractivity contribution in [1.82, 2.24) is 19.8 Å². The Morgan fingerprint density at radius 2 is 1.84 bits per heavy atom. The number of allylic oxidation sites excluding steroid dienone is 2. The van der Waals surface area contributed by atoms with Gasteiger partial charge in [0.05, 0.1) is 29.9 Å². The van der Waals surface area contributed by atoms with Crippen molar-refractivity contribution in [3.8, 4) is 5.75 Å². The van der Waals surface area contributed by atoms with Crippen LogP contribution < -0.4 is 5.73 Å². The molecule has 0 saturated carbocycles. The second-order valence-corrected chi connectivity index (χ2v) is 12.4. The molecule has 2 saturated heterocycles. The van der Waals surface area contributed by atoms with Crippen molar-refractivity contribution in [3.05, 3.63) is 89.5 Å². The SMILES string of the molecule is NC(=O)CCCN1C2CN(CC3=CC=CC4SC=NC34)C(=O)C(Cc3ccc(O)cc3)N2C(=O)CN1Cc1ccccc1. The molecule has 3 amide bonds. The van der Waals surface area contributed by atoms with Crippen LogP contribution in [0.5, 0.6) is 5.75 Å². The number of hydrogen-bond donors (Lipinski definition) is 2. The number of aliphatic imine (C=N–C) groups is 1. The van der Waals surface area contributed by atoms with Gasteiger partial charge in [0.25, 0.3) is 0 Å². The summed E-state index contributed by atoms with van der Waals surface area (Å²) in [4.78, 5) is 48.1. The lowest BCUT2D eigenvalue weighted by Crippen LogP contribution is -2.75. The Morgan fingerprint density at radius 1 is 1.05 bits per heavy atom. The smallest absolute Gasteiger partial charge is 0.246 e. The Balaban J connectivity index is 1.34. The van der Waals surface area contributed by atoms with Crippen molar-refractivity contribution >= 4 is 35.0 Å². The fraction of sp³-hybridized carbons (Fsp3) is 0.375. The van der Waals surface area contributed by atoms with E-state index in [1.54, 1.807) is 40.9 Å². The molecule has 2 fully saturated rings. The molecule has 3 aliphatic heterocycles. The third kappa shape index (κ3) is 6.39. The molecule has 4 atom stereocenters. The molecule has 4 aliphatic rings. The number of carbonyl (C=O) groups is 3. The number of nitrogens with zero attached hydrogens (tertiary/aromatic N) is 5. The number of hydrazine groups is 1. The van der Waals surface area contributed by atoms with Gasteiger partial charge in [0, 0.05) is 32.5 Å². The second-order valence-electron chi connectivity index (χ2n) is 11.4. The van der Waals surface area contributed by atoms with Crippen LogP contribution in [0, 0.1) is 0 Å². The van der Waals surface area contributed by atoms with E-state index in [1.165, 1.54) is 0 Å². The number of hydrogen-bond acceptors (Lipinski definition) is 8. The minimum Gasteiger partial charge on any atom is -0.508 e. The van der Waals surface area contributed by atoms with Gasteiger partial charge in [-0.05, 0) is 35.3 Å². The van der Waals surface area contributed by atoms with Crippen LogP contribution in [-0.2, 0) is 27.3 Å². The zero-order valence-electron chi connectivity index (χ0n) is 23.9. The van der Waals surface area contributed by atoms with Crippen LogP contribution in [0.2, 0.25) is 0 Å². The summed E-state index contributed by atoms with van der Waals surface area (Å²) >= 11 is 1.68. The van der Waals surface area contributed by atoms with Gasteiger partial charge in [-0.15, -0.1) is 11.8 Å². The normalized spacial score (nSPS) is 25.5. The van der Waals surface area contributed by atoms with E-state index in [2.05, 4.69) is 22.2 Å². The van der Waals surface area contributed by atoms with E-state index in [9.17, 15) is 19.5 Å². The minimum absolute atomic E-state index is 0.00869. The van der Waals surface area contributed by atoms with Crippen LogP contribution in [-0.4, -0.2) is 97.9 Å². The van der Waals surface area contributed by atoms with Crippen LogP contribution in [0.3, 0.4) is 0 Å². The summed E-state index contributed by atoms with van der Waals surface area (Å²) in [6.07, 6.45) is 6.89. The van der Waals surface area contributed by atoms with E-state index < -0.39 is 12.2 Å². The molecule has 10 nitrogen and oxygen atoms in total. The fourth-order valence-corrected chi connectivity index (χ4v) is 7.30. The van der Waals surface area contributed by atoms with Crippen molar-refractivity contribution in [3.63, 3.8) is 0 Å². The summed E-state index contributed by atoms with van der Waals surface area (Å²) in [5, 5.41) is 14.3. The quantitative estimate of drug-likeness (QED) is 0.429. The Bertz CT molecular complexity index is 1450. The molecule has 43 heavy (non-hydrogen) atoms. The number of primary amides is 1. The number of phenols is 1. The molecule has 2 aromatic carbocycles. The highest BCUT2D eigenvalue weighted by Crippen LogP contribution is 2.34. The second kappa shape index (κ2) is 12.7. The van der Waals surface area contributed by atoms with Gasteiger partial charge < -0.3 is 20.6 Å². The molecule has 0 spiro atoms. The average Bonchev–Trinajstić information content (AvgIpc) is 3.48. The molecule has 0 aromatic heterocycles. The van der Waals surface area contributed by atoms with E-state index in [0.29, 0.717) is 39.0 Å². The van der Waals surface area contributed by atoms with Crippen LogP contribution in [0.4, 0.5) is 0 Å². The van der Waals surface area contributed by atoms with E-state index >= 15 is 0 Å². The Morgan fingerprint density at radius 3 is 2.60 bits per heavy atom. The van der Waals surface area contributed by atoms with Crippen LogP contribution in [0.25, 0.3) is 0 Å². The molecule has 11 heteroatoms. The van der Waals surface area contributed by atoms with Gasteiger partial charge >= 0.3 is 0 Å². The first-order chi connectivity index (χ1) is 20.9. The summed E-state index contributed by atoms with van der Waals surface area (Å²) in [5.74, 6) is -0.438. The van der Waals surface area contributed by atoms with E-state index in [4.69, 9.17) is 5.73 Å². The molecule has 224 valence electrons. The minimum atomic E-state index is -0.717. The van der Waals surface area contributed by atoms with Gasteiger partial charge in [0.15, 0.2) is 0 Å². The average molecular weight is 601 g/mol. The topological polar surface area (TPSA) is 123 Å². The highest BCUT2D eigenvalue weighted by molar-refractivity contribution is 8.13. The summed E-state index contributed by atoms with van der Waals surface area (Å²) in [7, 11) is 0. The molecule has 3 heterocycles. The van der Waals surface area contributed by atoms with E-state index in [-0.39, 0.29) is 47.7 Å². The van der Waals surface area contributed by atoms with Crippen LogP contribution in [0.15, 0.2) is 83.4 Å². The predicted octanol–water partition coefficient (Wildman–Crippen LogP) is 2.31. The number of piperazine rings is 1. The van der Waals surface area contributed by atoms with Crippen molar-refractivity contribution < 1.29 is 19.5 Å². The van der Waals surface area contributed by atoms with Crippen molar-refractivity contribution in [2.45, 2.75) is 49.3 Å². The number of aromatic hydroxyl groups is 1. The van der Waals surface area contributed by atoms with E-state index in [1.807, 2.05) is 51.9 Å². The number of fused-ring (bicyclic) bond motifs is 2. The molecule has 2 aromatic rings. The Kier molecular flexibility index (Phi) is 8.64. The van der Waals surface area contributed by atoms with Crippen LogP contribution in [0.1, 0.15) is 24.0 Å². The van der Waals surface area contributed by atoms with Gasteiger partial charge in [0.1, 0.15) is 18.0 Å². The largest absolute Gasteiger partial charge is 0.508 e. The number of thioether (sulfide) groups is 1. The van der Waals surface area contributed by atoms with Gasteiger partial charge in [-0.1, -0.05) is 60.7 Å². The van der Waals surface area contributed by atoms with E-state index in [0.717, 1.165) is 16.7 Å². The van der Waals surface area contributed by atoms with Crippen molar-refractivity contribution in [2.24, 2.45) is 10.7 Å². The first-order valence-corrected chi connectivity index (χ1v) is 15.6. The molecular weight excluding hydrogens is 564 g/mol. The van der Waals surface area contributed by atoms with Crippen LogP contribution >= 0.6 is 11.8 Å². The number of phenolic OH excluding ortho intramolecular Hbond substituents is 1. The highest BCUT2D eigenvalue weighted by atomic mass is 32.2. The maximum atomic E-state index is 14.2. The molecule has 1 aliphatic carbocycles. The maximum Gasteiger partial charge on any atom is 0.246 e. The number of amides is 3. The zero-order chi connectivity index (χ0) is 29.9. The first-order valence-electron chi connectivity index (χ1n) is 14.6. The first kappa shape index (κ1) is 29.2. The Hall–Kier alpha value is -3.93. The monoisotopic (exact) mass is 600 g/mol. The predicted molar refractivity (Wildman–Crippen MR) is 166 cm³/mol. The molecule has 0 radical (unpaired) electrons. The Labute approximate surface area is 255 Å². The molecule has 0 bridgehead atoms. The number of benzene rings is 2. The van der Waals surface area contributed by atoms with Crippen molar-refractivity contribution in [1.29, 1.82) is 0 Å². The standard InChI is InChI=1S/C32H36N6O4S/c33-28(40)10-5-15-37-29-19-35(18-24-8-4-9-27-31(24)34-21-43-27)32(42)26(16-22-11-13-25(39)14-12-22)38(29)30(41)20-36(37)17-23-6-2-1-3-7-23/h1-4,6-9,11-14,21,26-27,29,31,39H,5,10,15-20H2,(H2,33,40). The number of carbonyl (C=O) groups excluding carboxylic acids is 3. The van der Waals surface area contributed by atoms with Gasteiger partial charge in [0.2, 0.25) is 17.7 Å². The lowest BCUT2D eigenvalue weighted by Gasteiger charge is -2.56. The summed E-state index contributed by atoms with van der Waals surface area (Å²) in [6.45, 7) is 1.90. The molecule has 4 unspecified atom stereocenters. The highest BCUT2D eigenvalue weighted by Gasteiger charge is 2.50. The number of rotatable bonds is 10. The molecule has 6 rings (SSSR count). The van der Waals surface area contributed by atoms with Crippen molar-refractivity contribution in [2.75, 3.05) is 26.2 Å². The lowest BCUT2D eigenvalue weighted by atomic mass is 9.95. The maximum absolute atomic E-state index is 14.2. The van der Waals surface area contributed by atoms with Gasteiger partial charge in [-0.2, -0.15) is 0 Å². The zero-order valence-corrected chi connectivity index (χ0v) is 24.7. The third-order valence-corrected chi connectivity index (χ3v) is 9.42. The number of nitrogens with two attached hydrogens (primary N) is 1. The fourth-order valence-electron chi connectivity index (χ4n) is 6.38. The lowest BCUT2D eigenvalue weighted by molar-refractivity contribution is -0.205. The summed E-state index contributed by atoms with van der Waals surface area (Å²) in [5.41, 5.74) is 10.4. The summed E-state index contributed by atoms with van der Waals surface area (Å²) in [6, 6.07) is 16.0. The van der Waals surface area contributed by atoms with Gasteiger partial charge in [-0.3, -0.25) is 19.4 Å². The molecule has 3 N–H and O–H groups in total.